The van der Waals surface area contributed by atoms with Crippen molar-refractivity contribution in [3.05, 3.63) is 65.7 Å². The molecule has 0 radical (unpaired) electrons. The zero-order chi connectivity index (χ0) is 14.5. The van der Waals surface area contributed by atoms with Gasteiger partial charge in [0, 0.05) is 7.05 Å². The van der Waals surface area contributed by atoms with E-state index >= 15 is 0 Å². The normalized spacial score (nSPS) is 11.4. The second-order valence-corrected chi connectivity index (χ2v) is 4.74. The lowest BCUT2D eigenvalue weighted by Gasteiger charge is -2.21. The molecule has 2 aromatic carbocycles. The van der Waals surface area contributed by atoms with E-state index in [1.807, 2.05) is 18.2 Å². The highest BCUT2D eigenvalue weighted by molar-refractivity contribution is 6.32. The molecule has 3 nitrogen and oxygen atoms in total. The average Bonchev–Trinajstić information content (AvgIpc) is 2.53. The highest BCUT2D eigenvalue weighted by Gasteiger charge is 2.23. The minimum Gasteiger partial charge on any atom is -0.313 e. The van der Waals surface area contributed by atoms with Gasteiger partial charge >= 0.3 is 0 Å². The Kier molecular flexibility index (Phi) is 4.39. The number of likely N-dealkylation sites (N-methyl/N-ethyl adjacent to an activating group) is 1. The summed E-state index contributed by atoms with van der Waals surface area (Å²) >= 11 is 6.22. The van der Waals surface area contributed by atoms with Crippen molar-refractivity contribution in [2.24, 2.45) is 0 Å². The molecule has 1 atom stereocenters. The van der Waals surface area contributed by atoms with Gasteiger partial charge in [0.2, 0.25) is 5.91 Å². The van der Waals surface area contributed by atoms with Gasteiger partial charge in [0.05, 0.1) is 11.3 Å². The molecule has 0 heterocycles. The molecule has 0 aliphatic heterocycles. The Labute approximate surface area is 123 Å². The van der Waals surface area contributed by atoms with Crippen molar-refractivity contribution in [3.63, 3.8) is 0 Å². The van der Waals surface area contributed by atoms with Gasteiger partial charge in [-0.3, -0.25) is 4.79 Å². The van der Waals surface area contributed by atoms with Crippen LogP contribution in [0.5, 0.6) is 0 Å². The molecular formula is C16H13ClN2O. The molecule has 4 heteroatoms. The van der Waals surface area contributed by atoms with Crippen LogP contribution in [0.3, 0.4) is 0 Å². The fraction of sp³-hybridized carbons (Fsp3) is 0.125. The van der Waals surface area contributed by atoms with Crippen LogP contribution in [0.1, 0.15) is 16.5 Å². The molecule has 0 saturated heterocycles. The predicted octanol–water partition coefficient (Wildman–Crippen LogP) is 3.50. The second kappa shape index (κ2) is 6.23. The van der Waals surface area contributed by atoms with Crippen LogP contribution >= 0.6 is 11.6 Å². The van der Waals surface area contributed by atoms with Crippen molar-refractivity contribution < 1.29 is 4.79 Å². The van der Waals surface area contributed by atoms with E-state index in [9.17, 15) is 4.79 Å². The van der Waals surface area contributed by atoms with Gasteiger partial charge in [-0.25, -0.2) is 0 Å². The maximum absolute atomic E-state index is 12.4. The monoisotopic (exact) mass is 284 g/mol. The summed E-state index contributed by atoms with van der Waals surface area (Å²) in [5, 5.41) is 8.31. The smallest absolute Gasteiger partial charge is 0.249 e. The molecule has 0 spiro atoms. The molecule has 0 saturated carbocycles. The number of anilines is 1. The molecule has 2 aromatic rings. The van der Waals surface area contributed by atoms with Crippen molar-refractivity contribution >= 4 is 23.2 Å². The molecule has 1 unspecified atom stereocenters. The van der Waals surface area contributed by atoms with E-state index in [2.05, 4.69) is 6.07 Å². The third-order valence-corrected chi connectivity index (χ3v) is 3.46. The van der Waals surface area contributed by atoms with Gasteiger partial charge < -0.3 is 4.90 Å². The molecule has 0 N–H and O–H groups in total. The Morgan fingerprint density at radius 1 is 1.15 bits per heavy atom. The number of para-hydroxylation sites is 1. The first-order chi connectivity index (χ1) is 9.65. The Bertz CT molecular complexity index is 649. The summed E-state index contributed by atoms with van der Waals surface area (Å²) in [6.07, 6.45) is 0. The number of carbonyl (C=O) groups excluding carboxylic acids is 1. The van der Waals surface area contributed by atoms with E-state index in [1.165, 1.54) is 4.90 Å². The Hall–Kier alpha value is -2.31. The summed E-state index contributed by atoms with van der Waals surface area (Å²) < 4.78 is 0. The lowest BCUT2D eigenvalue weighted by atomic mass is 10.1. The van der Waals surface area contributed by atoms with Gasteiger partial charge in [0.25, 0.3) is 0 Å². The topological polar surface area (TPSA) is 44.1 Å². The first-order valence-corrected chi connectivity index (χ1v) is 6.54. The van der Waals surface area contributed by atoms with Crippen LogP contribution < -0.4 is 4.90 Å². The molecule has 20 heavy (non-hydrogen) atoms. The number of amides is 1. The summed E-state index contributed by atoms with van der Waals surface area (Å²) in [6.45, 7) is 0. The van der Waals surface area contributed by atoms with Gasteiger partial charge in [-0.2, -0.15) is 5.26 Å². The lowest BCUT2D eigenvalue weighted by Crippen LogP contribution is -2.30. The summed E-state index contributed by atoms with van der Waals surface area (Å²) in [5.41, 5.74) is 1.74. The van der Waals surface area contributed by atoms with Crippen LogP contribution in [0.25, 0.3) is 0 Å². The number of nitrogens with zero attached hydrogens (tertiary/aromatic N) is 2. The number of nitriles is 1. The molecule has 1 amide bonds. The second-order valence-electron chi connectivity index (χ2n) is 4.30. The van der Waals surface area contributed by atoms with Crippen LogP contribution in [-0.4, -0.2) is 13.0 Å². The first-order valence-electron chi connectivity index (χ1n) is 6.11. The number of halogens is 1. The van der Waals surface area contributed by atoms with E-state index < -0.39 is 5.38 Å². The molecule has 0 aliphatic rings. The summed E-state index contributed by atoms with van der Waals surface area (Å²) in [7, 11) is 1.62. The fourth-order valence-electron chi connectivity index (χ4n) is 1.91. The van der Waals surface area contributed by atoms with E-state index in [-0.39, 0.29) is 5.91 Å². The van der Waals surface area contributed by atoms with Gasteiger partial charge in [0.1, 0.15) is 11.4 Å². The van der Waals surface area contributed by atoms with Gasteiger partial charge in [-0.1, -0.05) is 42.5 Å². The van der Waals surface area contributed by atoms with Crippen molar-refractivity contribution in [2.75, 3.05) is 11.9 Å². The van der Waals surface area contributed by atoms with E-state index in [0.717, 1.165) is 5.56 Å². The Morgan fingerprint density at radius 3 is 2.40 bits per heavy atom. The molecule has 2 rings (SSSR count). The standard InChI is InChI=1S/C16H13ClN2O/c1-19(14-10-6-5-9-13(14)11-18)16(20)15(17)12-7-3-2-4-8-12/h2-10,15H,1H3. The van der Waals surface area contributed by atoms with E-state index in [1.54, 1.807) is 43.4 Å². The van der Waals surface area contributed by atoms with Gasteiger partial charge in [-0.05, 0) is 17.7 Å². The third-order valence-electron chi connectivity index (χ3n) is 3.03. The van der Waals surface area contributed by atoms with Gasteiger partial charge in [-0.15, -0.1) is 11.6 Å². The SMILES string of the molecule is CN(C(=O)C(Cl)c1ccccc1)c1ccccc1C#N. The largest absolute Gasteiger partial charge is 0.313 e. The molecule has 0 aromatic heterocycles. The summed E-state index contributed by atoms with van der Waals surface area (Å²) in [5.74, 6) is -0.263. The summed E-state index contributed by atoms with van der Waals surface area (Å²) in [4.78, 5) is 13.8. The molecule has 100 valence electrons. The zero-order valence-electron chi connectivity index (χ0n) is 11.0. The average molecular weight is 285 g/mol. The zero-order valence-corrected chi connectivity index (χ0v) is 11.7. The van der Waals surface area contributed by atoms with Crippen molar-refractivity contribution in [1.29, 1.82) is 5.26 Å². The fourth-order valence-corrected chi connectivity index (χ4v) is 2.21. The third kappa shape index (κ3) is 2.81. The van der Waals surface area contributed by atoms with Crippen LogP contribution in [0.2, 0.25) is 0 Å². The number of hydrogen-bond acceptors (Lipinski definition) is 2. The predicted molar refractivity (Wildman–Crippen MR) is 79.6 cm³/mol. The molecule has 0 bridgehead atoms. The van der Waals surface area contributed by atoms with Crippen molar-refractivity contribution in [1.82, 2.24) is 0 Å². The van der Waals surface area contributed by atoms with E-state index in [4.69, 9.17) is 16.9 Å². The maximum Gasteiger partial charge on any atom is 0.249 e. The Balaban J connectivity index is 2.27. The number of benzene rings is 2. The Morgan fingerprint density at radius 2 is 1.75 bits per heavy atom. The van der Waals surface area contributed by atoms with E-state index in [0.29, 0.717) is 11.3 Å². The van der Waals surface area contributed by atoms with Crippen LogP contribution in [0, 0.1) is 11.3 Å². The highest BCUT2D eigenvalue weighted by Crippen LogP contribution is 2.26. The highest BCUT2D eigenvalue weighted by atomic mass is 35.5. The number of rotatable bonds is 3. The van der Waals surface area contributed by atoms with Crippen molar-refractivity contribution in [3.8, 4) is 6.07 Å². The number of carbonyl (C=O) groups is 1. The minimum absolute atomic E-state index is 0.263. The molecule has 0 aliphatic carbocycles. The quantitative estimate of drug-likeness (QED) is 0.810. The minimum atomic E-state index is -0.770. The van der Waals surface area contributed by atoms with Crippen LogP contribution in [0.4, 0.5) is 5.69 Å². The molecule has 0 fully saturated rings. The lowest BCUT2D eigenvalue weighted by molar-refractivity contribution is -0.118. The van der Waals surface area contributed by atoms with Gasteiger partial charge in [0.15, 0.2) is 0 Å². The van der Waals surface area contributed by atoms with Crippen LogP contribution in [-0.2, 0) is 4.79 Å². The number of hydrogen-bond donors (Lipinski definition) is 0. The number of alkyl halides is 1. The summed E-state index contributed by atoms with van der Waals surface area (Å²) in [6, 6.07) is 18.2. The molecular weight excluding hydrogens is 272 g/mol. The maximum atomic E-state index is 12.4. The first kappa shape index (κ1) is 14.1. The van der Waals surface area contributed by atoms with Crippen molar-refractivity contribution in [2.45, 2.75) is 5.38 Å². The van der Waals surface area contributed by atoms with Crippen LogP contribution in [0.15, 0.2) is 54.6 Å².